The molecule has 0 radical (unpaired) electrons. The molecule has 0 spiro atoms. The van der Waals surface area contributed by atoms with Crippen LogP contribution < -0.4 is 25.4 Å². The maximum absolute atomic E-state index is 13.1. The monoisotopic (exact) mass is 613 g/mol. The quantitative estimate of drug-likeness (QED) is 0.108. The number of esters is 1. The first-order chi connectivity index (χ1) is 19.1. The highest BCUT2D eigenvalue weighted by atomic mass is 32.2. The van der Waals surface area contributed by atoms with Gasteiger partial charge in [-0.1, -0.05) is 0 Å². The normalized spacial score (nSPS) is 13.3. The van der Waals surface area contributed by atoms with Gasteiger partial charge < -0.3 is 30.2 Å². The van der Waals surface area contributed by atoms with E-state index in [1.54, 1.807) is 68.4 Å². The van der Waals surface area contributed by atoms with E-state index in [0.29, 0.717) is 22.4 Å². The van der Waals surface area contributed by atoms with Gasteiger partial charge in [-0.05, 0) is 105 Å². The standard InChI is InChI=1S/C28H47N5O8S/c1-16-15-21(39-11)17(2)18(3)22(16)42(37,38)33-25(29)30-14-12-13-20(24(35)40-27(5,6)7)32-23(34)19(4)31-26(36)41-28(8,9)10/h15,19-20H,12-14H2,1-11H3,(H,31,36)(H,32,34)(H3,29,30,33)/t19-,20-/m0/s1. The van der Waals surface area contributed by atoms with Crippen LogP contribution in [-0.2, 0) is 29.1 Å². The predicted octanol–water partition coefficient (Wildman–Crippen LogP) is 2.94. The molecule has 1 aromatic carbocycles. The lowest BCUT2D eigenvalue weighted by Crippen LogP contribution is -2.52. The highest BCUT2D eigenvalue weighted by Gasteiger charge is 2.29. The van der Waals surface area contributed by atoms with E-state index in [-0.39, 0.29) is 24.3 Å². The van der Waals surface area contributed by atoms with E-state index >= 15 is 0 Å². The lowest BCUT2D eigenvalue weighted by Gasteiger charge is -2.26. The molecule has 42 heavy (non-hydrogen) atoms. The second-order valence-corrected chi connectivity index (χ2v) is 13.6. The van der Waals surface area contributed by atoms with Crippen molar-refractivity contribution in [1.82, 2.24) is 20.7 Å². The number of carbonyl (C=O) groups excluding carboxylic acids is 3. The third-order valence-electron chi connectivity index (χ3n) is 5.81. The van der Waals surface area contributed by atoms with E-state index in [2.05, 4.69) is 20.7 Å². The molecule has 0 aliphatic carbocycles. The molecule has 5 N–H and O–H groups in total. The maximum Gasteiger partial charge on any atom is 0.408 e. The molecule has 2 amide bonds. The summed E-state index contributed by atoms with van der Waals surface area (Å²) in [5.41, 5.74) is 0.100. The molecule has 238 valence electrons. The van der Waals surface area contributed by atoms with Gasteiger partial charge in [-0.25, -0.2) is 22.7 Å². The van der Waals surface area contributed by atoms with E-state index in [1.807, 2.05) is 0 Å². The molecule has 1 rings (SSSR count). The summed E-state index contributed by atoms with van der Waals surface area (Å²) in [6.07, 6.45) is -0.399. The van der Waals surface area contributed by atoms with Gasteiger partial charge in [0.05, 0.1) is 12.0 Å². The van der Waals surface area contributed by atoms with Gasteiger partial charge >= 0.3 is 12.1 Å². The fourth-order valence-electron chi connectivity index (χ4n) is 3.86. The largest absolute Gasteiger partial charge is 0.496 e. The van der Waals surface area contributed by atoms with Crippen molar-refractivity contribution < 1.29 is 37.0 Å². The van der Waals surface area contributed by atoms with Crippen LogP contribution in [0, 0.1) is 26.2 Å². The van der Waals surface area contributed by atoms with Crippen LogP contribution in [0.1, 0.15) is 78.0 Å². The summed E-state index contributed by atoms with van der Waals surface area (Å²) < 4.78 is 44.3. The molecule has 0 aliphatic rings. The lowest BCUT2D eigenvalue weighted by molar-refractivity contribution is -0.159. The van der Waals surface area contributed by atoms with Crippen molar-refractivity contribution in [1.29, 1.82) is 5.41 Å². The molecule has 0 saturated carbocycles. The molecule has 2 atom stereocenters. The fraction of sp³-hybridized carbons (Fsp3) is 0.643. The van der Waals surface area contributed by atoms with E-state index in [4.69, 9.17) is 19.6 Å². The molecule has 0 aromatic heterocycles. The van der Waals surface area contributed by atoms with Gasteiger partial charge in [0.1, 0.15) is 29.0 Å². The summed E-state index contributed by atoms with van der Waals surface area (Å²) in [6.45, 7) is 16.8. The number of ether oxygens (including phenoxy) is 3. The highest BCUT2D eigenvalue weighted by molar-refractivity contribution is 7.90. The fourth-order valence-corrected chi connectivity index (χ4v) is 5.34. The smallest absolute Gasteiger partial charge is 0.408 e. The van der Waals surface area contributed by atoms with Crippen LogP contribution in [0.3, 0.4) is 0 Å². The number of alkyl carbamates (subject to hydrolysis) is 1. The third kappa shape index (κ3) is 11.7. The summed E-state index contributed by atoms with van der Waals surface area (Å²) >= 11 is 0. The summed E-state index contributed by atoms with van der Waals surface area (Å²) in [5, 5.41) is 15.8. The van der Waals surface area contributed by atoms with Crippen LogP contribution in [0.25, 0.3) is 0 Å². The Labute approximate surface area is 249 Å². The van der Waals surface area contributed by atoms with Gasteiger partial charge in [0, 0.05) is 6.54 Å². The van der Waals surface area contributed by atoms with Gasteiger partial charge in [0.15, 0.2) is 0 Å². The van der Waals surface area contributed by atoms with Gasteiger partial charge in [-0.3, -0.25) is 10.2 Å². The topological polar surface area (TPSA) is 185 Å². The van der Waals surface area contributed by atoms with Gasteiger partial charge in [-0.15, -0.1) is 0 Å². The van der Waals surface area contributed by atoms with Crippen molar-refractivity contribution in [3.8, 4) is 5.75 Å². The number of nitrogens with one attached hydrogen (secondary N) is 5. The first-order valence-electron chi connectivity index (χ1n) is 13.6. The van der Waals surface area contributed by atoms with Crippen molar-refractivity contribution in [2.45, 2.75) is 110 Å². The third-order valence-corrected chi connectivity index (χ3v) is 7.45. The van der Waals surface area contributed by atoms with E-state index in [0.717, 1.165) is 0 Å². The Morgan fingerprint density at radius 2 is 1.52 bits per heavy atom. The number of rotatable bonds is 11. The summed E-state index contributed by atoms with van der Waals surface area (Å²) in [4.78, 5) is 37.7. The Hall–Kier alpha value is -3.55. The Morgan fingerprint density at radius 3 is 2.05 bits per heavy atom. The number of aryl methyl sites for hydroxylation is 1. The number of benzene rings is 1. The van der Waals surface area contributed by atoms with Gasteiger partial charge in [0.2, 0.25) is 11.9 Å². The van der Waals surface area contributed by atoms with Gasteiger partial charge in [-0.2, -0.15) is 0 Å². The van der Waals surface area contributed by atoms with Crippen LogP contribution in [0.15, 0.2) is 11.0 Å². The minimum absolute atomic E-state index is 0.0640. The molecule has 0 fully saturated rings. The molecular weight excluding hydrogens is 566 g/mol. The lowest BCUT2D eigenvalue weighted by atomic mass is 10.1. The summed E-state index contributed by atoms with van der Waals surface area (Å²) in [5.74, 6) is -1.17. The molecular formula is C28H47N5O8S. The van der Waals surface area contributed by atoms with Crippen molar-refractivity contribution >= 4 is 34.0 Å². The highest BCUT2D eigenvalue weighted by Crippen LogP contribution is 2.30. The zero-order valence-electron chi connectivity index (χ0n) is 26.5. The molecule has 1 aromatic rings. The maximum atomic E-state index is 13.1. The molecule has 13 nitrogen and oxygen atoms in total. The average molecular weight is 614 g/mol. The molecule has 0 heterocycles. The average Bonchev–Trinajstić information content (AvgIpc) is 2.80. The molecule has 0 saturated heterocycles. The number of hydrogen-bond donors (Lipinski definition) is 5. The molecule has 14 heteroatoms. The number of sulfonamides is 1. The zero-order chi connectivity index (χ0) is 32.6. The van der Waals surface area contributed by atoms with E-state index in [1.165, 1.54) is 14.0 Å². The summed E-state index contributed by atoms with van der Waals surface area (Å²) in [6, 6.07) is -0.429. The van der Waals surface area contributed by atoms with Crippen LogP contribution in [0.4, 0.5) is 4.79 Å². The van der Waals surface area contributed by atoms with Crippen LogP contribution in [0.5, 0.6) is 5.75 Å². The van der Waals surface area contributed by atoms with Crippen LogP contribution in [0.2, 0.25) is 0 Å². The Kier molecular flexibility index (Phi) is 12.6. The van der Waals surface area contributed by atoms with Crippen molar-refractivity contribution in [2.75, 3.05) is 13.7 Å². The minimum atomic E-state index is -4.07. The van der Waals surface area contributed by atoms with E-state index in [9.17, 15) is 22.8 Å². The van der Waals surface area contributed by atoms with E-state index < -0.39 is 57.2 Å². The Morgan fingerprint density at radius 1 is 0.952 bits per heavy atom. The number of amides is 2. The molecule has 0 bridgehead atoms. The number of carbonyl (C=O) groups is 3. The summed E-state index contributed by atoms with van der Waals surface area (Å²) in [7, 11) is -2.56. The second-order valence-electron chi connectivity index (χ2n) is 12.0. The minimum Gasteiger partial charge on any atom is -0.496 e. The van der Waals surface area contributed by atoms with Gasteiger partial charge in [0.25, 0.3) is 10.0 Å². The molecule has 0 unspecified atom stereocenters. The number of hydrogen-bond acceptors (Lipinski definition) is 9. The van der Waals surface area contributed by atoms with Crippen molar-refractivity contribution in [2.24, 2.45) is 0 Å². The zero-order valence-corrected chi connectivity index (χ0v) is 27.3. The SMILES string of the molecule is COc1cc(C)c(S(=O)(=O)NC(=N)NCCC[C@H](NC(=O)[C@H](C)NC(=O)OC(C)(C)C)C(=O)OC(C)(C)C)c(C)c1C. The van der Waals surface area contributed by atoms with Crippen LogP contribution in [-0.4, -0.2) is 69.3 Å². The predicted molar refractivity (Wildman–Crippen MR) is 159 cm³/mol. The molecule has 0 aliphatic heterocycles. The first kappa shape index (κ1) is 36.5. The Balaban J connectivity index is 2.84. The number of methoxy groups -OCH3 is 1. The van der Waals surface area contributed by atoms with Crippen LogP contribution >= 0.6 is 0 Å². The first-order valence-corrected chi connectivity index (χ1v) is 15.1. The Bertz CT molecular complexity index is 1270. The van der Waals surface area contributed by atoms with Crippen molar-refractivity contribution in [3.63, 3.8) is 0 Å². The number of guanidine groups is 1. The second kappa shape index (κ2) is 14.6. The van der Waals surface area contributed by atoms with Crippen molar-refractivity contribution in [3.05, 3.63) is 22.8 Å².